The molecule has 72 valence electrons. The van der Waals surface area contributed by atoms with Crippen LogP contribution in [0.3, 0.4) is 0 Å². The monoisotopic (exact) mass is 254 g/mol. The van der Waals surface area contributed by atoms with Crippen LogP contribution in [0.4, 0.5) is 0 Å². The van der Waals surface area contributed by atoms with Crippen LogP contribution in [0.5, 0.6) is 0 Å². The van der Waals surface area contributed by atoms with Crippen molar-refractivity contribution in [1.82, 2.24) is 4.98 Å². The Kier molecular flexibility index (Phi) is 2.41. The van der Waals surface area contributed by atoms with E-state index in [4.69, 9.17) is 10.3 Å². The molecule has 0 spiro atoms. The van der Waals surface area contributed by atoms with Gasteiger partial charge in [-0.1, -0.05) is 5.11 Å². The van der Waals surface area contributed by atoms with E-state index in [-0.39, 0.29) is 0 Å². The normalized spacial score (nSPS) is 18.1. The van der Waals surface area contributed by atoms with Gasteiger partial charge in [0.05, 0.1) is 18.9 Å². The SMILES string of the molecule is [N-]=[N+]=NC1(c2ccc(Br)cn2)COC1. The van der Waals surface area contributed by atoms with Crippen LogP contribution < -0.4 is 0 Å². The third kappa shape index (κ3) is 1.48. The smallest absolute Gasteiger partial charge is 0.137 e. The lowest BCUT2D eigenvalue weighted by Gasteiger charge is -2.36. The highest BCUT2D eigenvalue weighted by Gasteiger charge is 2.41. The van der Waals surface area contributed by atoms with Crippen molar-refractivity contribution in [3.05, 3.63) is 38.9 Å². The molecule has 5 nitrogen and oxygen atoms in total. The molecule has 2 rings (SSSR count). The van der Waals surface area contributed by atoms with Crippen molar-refractivity contribution in [2.24, 2.45) is 5.11 Å². The van der Waals surface area contributed by atoms with Crippen molar-refractivity contribution in [2.45, 2.75) is 5.54 Å². The molecule has 0 unspecified atom stereocenters. The van der Waals surface area contributed by atoms with Crippen LogP contribution in [-0.2, 0) is 10.3 Å². The number of azide groups is 1. The number of rotatable bonds is 2. The molecule has 1 aromatic heterocycles. The minimum Gasteiger partial charge on any atom is -0.379 e. The van der Waals surface area contributed by atoms with Gasteiger partial charge >= 0.3 is 0 Å². The molecule has 0 N–H and O–H groups in total. The van der Waals surface area contributed by atoms with Crippen molar-refractivity contribution < 1.29 is 4.74 Å². The molecule has 1 aromatic rings. The molecule has 0 aliphatic carbocycles. The highest BCUT2D eigenvalue weighted by molar-refractivity contribution is 9.10. The predicted molar refractivity (Wildman–Crippen MR) is 53.6 cm³/mol. The molecule has 1 aliphatic rings. The fraction of sp³-hybridized carbons (Fsp3) is 0.375. The van der Waals surface area contributed by atoms with E-state index >= 15 is 0 Å². The summed E-state index contributed by atoms with van der Waals surface area (Å²) >= 11 is 3.29. The zero-order chi connectivity index (χ0) is 10.0. The summed E-state index contributed by atoms with van der Waals surface area (Å²) < 4.78 is 5.96. The summed E-state index contributed by atoms with van der Waals surface area (Å²) in [5.74, 6) is 0. The summed E-state index contributed by atoms with van der Waals surface area (Å²) in [4.78, 5) is 7.02. The summed E-state index contributed by atoms with van der Waals surface area (Å²) in [6.45, 7) is 0.817. The van der Waals surface area contributed by atoms with E-state index in [0.717, 1.165) is 10.2 Å². The molecular weight excluding hydrogens is 248 g/mol. The Morgan fingerprint density at radius 3 is 2.79 bits per heavy atom. The Labute approximate surface area is 88.9 Å². The van der Waals surface area contributed by atoms with Crippen LogP contribution in [0.1, 0.15) is 5.69 Å². The van der Waals surface area contributed by atoms with Gasteiger partial charge in [0.2, 0.25) is 0 Å². The summed E-state index contributed by atoms with van der Waals surface area (Å²) in [5, 5.41) is 3.74. The molecular formula is C8H7BrN4O. The largest absolute Gasteiger partial charge is 0.379 e. The Morgan fingerprint density at radius 1 is 1.57 bits per heavy atom. The minimum absolute atomic E-state index is 0.408. The molecule has 0 radical (unpaired) electrons. The van der Waals surface area contributed by atoms with E-state index in [1.54, 1.807) is 6.20 Å². The molecule has 0 saturated carbocycles. The maximum atomic E-state index is 8.45. The average Bonchev–Trinajstić information content (AvgIpc) is 2.13. The first-order chi connectivity index (χ1) is 6.77. The van der Waals surface area contributed by atoms with Crippen LogP contribution in [0.25, 0.3) is 10.4 Å². The second kappa shape index (κ2) is 3.57. The van der Waals surface area contributed by atoms with Gasteiger partial charge in [0.15, 0.2) is 0 Å². The quantitative estimate of drug-likeness (QED) is 0.462. The van der Waals surface area contributed by atoms with Crippen molar-refractivity contribution in [2.75, 3.05) is 13.2 Å². The number of hydrogen-bond donors (Lipinski definition) is 0. The van der Waals surface area contributed by atoms with Gasteiger partial charge in [-0.15, -0.1) is 0 Å². The number of hydrogen-bond acceptors (Lipinski definition) is 3. The first-order valence-electron chi connectivity index (χ1n) is 4.03. The predicted octanol–water partition coefficient (Wildman–Crippen LogP) is 2.38. The lowest BCUT2D eigenvalue weighted by atomic mass is 9.94. The Morgan fingerprint density at radius 2 is 2.36 bits per heavy atom. The lowest BCUT2D eigenvalue weighted by Crippen LogP contribution is -2.45. The molecule has 1 aliphatic heterocycles. The van der Waals surface area contributed by atoms with Gasteiger partial charge in [-0.3, -0.25) is 4.98 Å². The van der Waals surface area contributed by atoms with Crippen LogP contribution in [0.15, 0.2) is 27.9 Å². The van der Waals surface area contributed by atoms with E-state index in [2.05, 4.69) is 30.9 Å². The van der Waals surface area contributed by atoms with E-state index < -0.39 is 5.54 Å². The Hall–Kier alpha value is -1.10. The number of ether oxygens (including phenoxy) is 1. The van der Waals surface area contributed by atoms with E-state index in [1.807, 2.05) is 12.1 Å². The molecule has 1 saturated heterocycles. The number of halogens is 1. The molecule has 0 bridgehead atoms. The van der Waals surface area contributed by atoms with Gasteiger partial charge in [0.25, 0.3) is 0 Å². The lowest BCUT2D eigenvalue weighted by molar-refractivity contribution is -0.0586. The van der Waals surface area contributed by atoms with Gasteiger partial charge in [-0.25, -0.2) is 0 Å². The van der Waals surface area contributed by atoms with E-state index in [9.17, 15) is 0 Å². The zero-order valence-corrected chi connectivity index (χ0v) is 8.81. The first kappa shape index (κ1) is 9.45. The van der Waals surface area contributed by atoms with Crippen molar-refractivity contribution >= 4 is 15.9 Å². The number of pyridine rings is 1. The highest BCUT2D eigenvalue weighted by Crippen LogP contribution is 2.32. The number of aromatic nitrogens is 1. The summed E-state index contributed by atoms with van der Waals surface area (Å²) in [7, 11) is 0. The first-order valence-corrected chi connectivity index (χ1v) is 4.82. The second-order valence-corrected chi connectivity index (χ2v) is 3.99. The summed E-state index contributed by atoms with van der Waals surface area (Å²) in [6, 6.07) is 3.70. The summed E-state index contributed by atoms with van der Waals surface area (Å²) in [6.07, 6.45) is 1.68. The number of nitrogens with zero attached hydrogens (tertiary/aromatic N) is 4. The highest BCUT2D eigenvalue weighted by atomic mass is 79.9. The van der Waals surface area contributed by atoms with Crippen LogP contribution in [0.2, 0.25) is 0 Å². The van der Waals surface area contributed by atoms with Crippen LogP contribution in [0, 0.1) is 0 Å². The minimum atomic E-state index is -0.588. The molecule has 6 heteroatoms. The van der Waals surface area contributed by atoms with Crippen molar-refractivity contribution in [3.8, 4) is 0 Å². The standard InChI is InChI=1S/C8H7BrN4O/c9-6-1-2-7(11-3-6)8(12-13-10)4-14-5-8/h1-3H,4-5H2. The van der Waals surface area contributed by atoms with Gasteiger partial charge in [-0.2, -0.15) is 0 Å². The Bertz CT molecular complexity index is 381. The maximum absolute atomic E-state index is 8.45. The van der Waals surface area contributed by atoms with Crippen molar-refractivity contribution in [3.63, 3.8) is 0 Å². The molecule has 1 fully saturated rings. The fourth-order valence-corrected chi connectivity index (χ4v) is 1.52. The van der Waals surface area contributed by atoms with Gasteiger partial charge in [-0.05, 0) is 33.6 Å². The summed E-state index contributed by atoms with van der Waals surface area (Å²) in [5.41, 5.74) is 8.62. The van der Waals surface area contributed by atoms with Gasteiger partial charge in [0.1, 0.15) is 5.54 Å². The van der Waals surface area contributed by atoms with Crippen molar-refractivity contribution in [1.29, 1.82) is 0 Å². The third-order valence-electron chi connectivity index (χ3n) is 2.12. The average molecular weight is 255 g/mol. The van der Waals surface area contributed by atoms with E-state index in [1.165, 1.54) is 0 Å². The maximum Gasteiger partial charge on any atom is 0.137 e. The van der Waals surface area contributed by atoms with Gasteiger partial charge < -0.3 is 4.74 Å². The molecule has 14 heavy (non-hydrogen) atoms. The molecule has 0 aromatic carbocycles. The van der Waals surface area contributed by atoms with E-state index in [0.29, 0.717) is 13.2 Å². The third-order valence-corrected chi connectivity index (χ3v) is 2.59. The van der Waals surface area contributed by atoms with Crippen LogP contribution in [-0.4, -0.2) is 18.2 Å². The van der Waals surface area contributed by atoms with Crippen LogP contribution >= 0.6 is 15.9 Å². The Balaban J connectivity index is 2.36. The second-order valence-electron chi connectivity index (χ2n) is 3.08. The molecule has 0 atom stereocenters. The molecule has 0 amide bonds. The van der Waals surface area contributed by atoms with Gasteiger partial charge in [0, 0.05) is 15.6 Å². The molecule has 2 heterocycles. The fourth-order valence-electron chi connectivity index (χ4n) is 1.29. The zero-order valence-electron chi connectivity index (χ0n) is 7.22. The topological polar surface area (TPSA) is 70.9 Å².